The van der Waals surface area contributed by atoms with Crippen LogP contribution >= 0.6 is 11.6 Å². The van der Waals surface area contributed by atoms with E-state index in [1.807, 2.05) is 30.5 Å². The molecule has 2 aliphatic rings. The van der Waals surface area contributed by atoms with E-state index in [4.69, 9.17) is 11.6 Å². The number of piperidine rings is 1. The first-order valence-electron chi connectivity index (χ1n) is 9.98. The Kier molecular flexibility index (Phi) is 5.56. The van der Waals surface area contributed by atoms with E-state index in [0.29, 0.717) is 11.9 Å². The minimum absolute atomic E-state index is 0.00642. The largest absolute Gasteiger partial charge is 0.370 e. The maximum atomic E-state index is 12.8. The topological polar surface area (TPSA) is 48.5 Å². The van der Waals surface area contributed by atoms with Crippen LogP contribution in [0.25, 0.3) is 0 Å². The number of fused-ring (bicyclic) bond motifs is 1. The van der Waals surface area contributed by atoms with E-state index in [1.165, 1.54) is 0 Å². The number of nitrogens with one attached hydrogen (secondary N) is 1. The molecule has 1 amide bonds. The molecule has 28 heavy (non-hydrogen) atoms. The van der Waals surface area contributed by atoms with Gasteiger partial charge < -0.3 is 15.1 Å². The number of hydrogen-bond acceptors (Lipinski definition) is 4. The number of halogens is 1. The second-order valence-corrected chi connectivity index (χ2v) is 8.38. The summed E-state index contributed by atoms with van der Waals surface area (Å²) in [5.41, 5.74) is 3.27. The van der Waals surface area contributed by atoms with Crippen molar-refractivity contribution in [1.29, 1.82) is 0 Å². The minimum Gasteiger partial charge on any atom is -0.370 e. The molecule has 2 heterocycles. The van der Waals surface area contributed by atoms with Crippen LogP contribution in [0.2, 0.25) is 5.02 Å². The fraction of sp³-hybridized carbons (Fsp3) is 0.455. The molecule has 148 valence electrons. The highest BCUT2D eigenvalue weighted by Gasteiger charge is 2.30. The Hall–Kier alpha value is -2.11. The number of aromatic nitrogens is 1. The fourth-order valence-electron chi connectivity index (χ4n) is 4.38. The van der Waals surface area contributed by atoms with Crippen molar-refractivity contribution in [1.82, 2.24) is 9.88 Å². The summed E-state index contributed by atoms with van der Waals surface area (Å²) in [6.07, 6.45) is 5.83. The quantitative estimate of drug-likeness (QED) is 0.847. The molecule has 0 spiro atoms. The summed E-state index contributed by atoms with van der Waals surface area (Å²) < 4.78 is 0. The number of benzene rings is 1. The Bertz CT molecular complexity index is 844. The van der Waals surface area contributed by atoms with E-state index in [-0.39, 0.29) is 11.8 Å². The zero-order valence-electron chi connectivity index (χ0n) is 16.5. The summed E-state index contributed by atoms with van der Waals surface area (Å²) in [5.74, 6) is 0.445. The average Bonchev–Trinajstić information content (AvgIpc) is 3.14. The number of anilines is 2. The predicted octanol–water partition coefficient (Wildman–Crippen LogP) is 3.93. The number of rotatable bonds is 4. The van der Waals surface area contributed by atoms with Crippen LogP contribution < -0.4 is 10.2 Å². The maximum absolute atomic E-state index is 12.8. The van der Waals surface area contributed by atoms with E-state index < -0.39 is 0 Å². The summed E-state index contributed by atoms with van der Waals surface area (Å²) >= 11 is 6.27. The minimum atomic E-state index is -0.153. The lowest BCUT2D eigenvalue weighted by Gasteiger charge is -2.36. The third-order valence-electron chi connectivity index (χ3n) is 6.09. The van der Waals surface area contributed by atoms with Crippen molar-refractivity contribution in [2.24, 2.45) is 0 Å². The molecular formula is C22H27ClN4O. The second-order valence-electron chi connectivity index (χ2n) is 7.97. The third-order valence-corrected chi connectivity index (χ3v) is 6.44. The van der Waals surface area contributed by atoms with Gasteiger partial charge in [-0.05, 0) is 69.1 Å². The van der Waals surface area contributed by atoms with E-state index in [9.17, 15) is 4.79 Å². The van der Waals surface area contributed by atoms with Gasteiger partial charge in [0.05, 0.1) is 17.8 Å². The first-order valence-corrected chi connectivity index (χ1v) is 10.4. The van der Waals surface area contributed by atoms with Crippen molar-refractivity contribution in [3.8, 4) is 0 Å². The molecule has 1 atom stereocenters. The van der Waals surface area contributed by atoms with Gasteiger partial charge in [0.1, 0.15) is 5.82 Å². The molecule has 4 rings (SSSR count). The van der Waals surface area contributed by atoms with Crippen molar-refractivity contribution in [3.63, 3.8) is 0 Å². The fourth-order valence-corrected chi connectivity index (χ4v) is 4.66. The van der Waals surface area contributed by atoms with Crippen molar-refractivity contribution in [2.45, 2.75) is 37.6 Å². The molecule has 6 heteroatoms. The third kappa shape index (κ3) is 3.87. The number of amides is 1. The Morgan fingerprint density at radius 1 is 1.18 bits per heavy atom. The normalized spacial score (nSPS) is 19.7. The zero-order chi connectivity index (χ0) is 19.7. The molecule has 1 aliphatic heterocycles. The van der Waals surface area contributed by atoms with Crippen LogP contribution in [0.3, 0.4) is 0 Å². The summed E-state index contributed by atoms with van der Waals surface area (Å²) in [4.78, 5) is 21.9. The second kappa shape index (κ2) is 8.10. The van der Waals surface area contributed by atoms with Crippen LogP contribution in [0.4, 0.5) is 11.5 Å². The van der Waals surface area contributed by atoms with Crippen molar-refractivity contribution in [2.75, 3.05) is 37.4 Å². The zero-order valence-corrected chi connectivity index (χ0v) is 17.2. The number of hydrogen-bond donors (Lipinski definition) is 1. The van der Waals surface area contributed by atoms with Gasteiger partial charge in [-0.2, -0.15) is 0 Å². The SMILES string of the molecule is CN(C)C1CCN(c2ccc(NC(=O)C3CCc4c(Cl)cccc43)nc2)CC1. The molecule has 1 aromatic carbocycles. The number of nitrogens with zero attached hydrogens (tertiary/aromatic N) is 3. The maximum Gasteiger partial charge on any atom is 0.233 e. The van der Waals surface area contributed by atoms with Crippen LogP contribution in [0.15, 0.2) is 36.5 Å². The van der Waals surface area contributed by atoms with Gasteiger partial charge in [-0.25, -0.2) is 4.98 Å². The van der Waals surface area contributed by atoms with Gasteiger partial charge in [0.25, 0.3) is 0 Å². The highest BCUT2D eigenvalue weighted by Crippen LogP contribution is 2.37. The van der Waals surface area contributed by atoms with E-state index in [2.05, 4.69) is 40.3 Å². The van der Waals surface area contributed by atoms with Crippen LogP contribution in [-0.2, 0) is 11.2 Å². The molecule has 0 bridgehead atoms. The standard InChI is InChI=1S/C22H27ClN4O/c1-26(2)15-10-12-27(13-11-15)16-6-9-21(24-14-16)25-22(28)19-8-7-18-17(19)4-3-5-20(18)23/h3-6,9,14-15,19H,7-8,10-13H2,1-2H3,(H,24,25,28). The molecule has 1 N–H and O–H groups in total. The smallest absolute Gasteiger partial charge is 0.233 e. The van der Waals surface area contributed by atoms with Crippen LogP contribution in [-0.4, -0.2) is 49.0 Å². The summed E-state index contributed by atoms with van der Waals surface area (Å²) in [7, 11) is 4.30. The van der Waals surface area contributed by atoms with Gasteiger partial charge in [-0.1, -0.05) is 23.7 Å². The average molecular weight is 399 g/mol. The van der Waals surface area contributed by atoms with Crippen LogP contribution in [0.5, 0.6) is 0 Å². The Labute approximate surface area is 171 Å². The van der Waals surface area contributed by atoms with Gasteiger partial charge in [-0.3, -0.25) is 4.79 Å². The van der Waals surface area contributed by atoms with Gasteiger partial charge >= 0.3 is 0 Å². The lowest BCUT2D eigenvalue weighted by molar-refractivity contribution is -0.117. The van der Waals surface area contributed by atoms with Gasteiger partial charge in [0.2, 0.25) is 5.91 Å². The number of pyridine rings is 1. The molecule has 2 aromatic rings. The van der Waals surface area contributed by atoms with Crippen molar-refractivity contribution >= 4 is 29.0 Å². The molecule has 1 unspecified atom stereocenters. The molecule has 1 saturated heterocycles. The first kappa shape index (κ1) is 19.2. The molecule has 1 fully saturated rings. The molecular weight excluding hydrogens is 372 g/mol. The predicted molar refractivity (Wildman–Crippen MR) is 114 cm³/mol. The summed E-state index contributed by atoms with van der Waals surface area (Å²) in [6, 6.07) is 10.4. The Balaban J connectivity index is 1.38. The first-order chi connectivity index (χ1) is 13.5. The van der Waals surface area contributed by atoms with Crippen LogP contribution in [0.1, 0.15) is 36.3 Å². The summed E-state index contributed by atoms with van der Waals surface area (Å²) in [5, 5.41) is 3.74. The Morgan fingerprint density at radius 2 is 1.96 bits per heavy atom. The van der Waals surface area contributed by atoms with Gasteiger partial charge in [-0.15, -0.1) is 0 Å². The Morgan fingerprint density at radius 3 is 2.64 bits per heavy atom. The number of carbonyl (C=O) groups is 1. The lowest BCUT2D eigenvalue weighted by atomic mass is 10.0. The lowest BCUT2D eigenvalue weighted by Crippen LogP contribution is -2.42. The molecule has 0 radical (unpaired) electrons. The molecule has 0 saturated carbocycles. The van der Waals surface area contributed by atoms with Crippen molar-refractivity contribution in [3.05, 3.63) is 52.7 Å². The monoisotopic (exact) mass is 398 g/mol. The molecule has 5 nitrogen and oxygen atoms in total. The molecule has 1 aliphatic carbocycles. The highest BCUT2D eigenvalue weighted by atomic mass is 35.5. The van der Waals surface area contributed by atoms with E-state index >= 15 is 0 Å². The highest BCUT2D eigenvalue weighted by molar-refractivity contribution is 6.31. The van der Waals surface area contributed by atoms with Gasteiger partial charge in [0, 0.05) is 24.2 Å². The molecule has 1 aromatic heterocycles. The summed E-state index contributed by atoms with van der Waals surface area (Å²) in [6.45, 7) is 2.08. The van der Waals surface area contributed by atoms with E-state index in [1.54, 1.807) is 0 Å². The number of carbonyl (C=O) groups excluding carboxylic acids is 1. The van der Waals surface area contributed by atoms with Crippen LogP contribution in [0, 0.1) is 0 Å². The van der Waals surface area contributed by atoms with E-state index in [0.717, 1.165) is 60.6 Å². The van der Waals surface area contributed by atoms with Crippen molar-refractivity contribution < 1.29 is 4.79 Å². The van der Waals surface area contributed by atoms with Gasteiger partial charge in [0.15, 0.2) is 0 Å².